The fraction of sp³-hybridized carbons (Fsp3) is 0.188. The minimum absolute atomic E-state index is 0.0156. The Balaban J connectivity index is 2.15. The van der Waals surface area contributed by atoms with Crippen molar-refractivity contribution in [3.05, 3.63) is 44.7 Å². The Labute approximate surface area is 165 Å². The zero-order valence-electron chi connectivity index (χ0n) is 13.8. The van der Waals surface area contributed by atoms with Gasteiger partial charge >= 0.3 is 0 Å². The first-order valence-corrected chi connectivity index (χ1v) is 8.46. The van der Waals surface area contributed by atoms with Gasteiger partial charge in [-0.3, -0.25) is 4.79 Å². The molecule has 1 aromatic carbocycles. The molecule has 0 fully saturated rings. The zero-order chi connectivity index (χ0) is 19.3. The summed E-state index contributed by atoms with van der Waals surface area (Å²) in [6.45, 7) is 2.39. The predicted octanol–water partition coefficient (Wildman–Crippen LogP) is 3.80. The maximum atomic E-state index is 12.2. The number of hydrogen-bond acceptors (Lipinski definition) is 6. The molecule has 0 bridgehead atoms. The number of nitrogens with zero attached hydrogens (tertiary/aromatic N) is 2. The summed E-state index contributed by atoms with van der Waals surface area (Å²) < 4.78 is 10.7. The van der Waals surface area contributed by atoms with Gasteiger partial charge in [-0.2, -0.15) is 5.10 Å². The molecule has 7 nitrogen and oxygen atoms in total. The Morgan fingerprint density at radius 1 is 1.31 bits per heavy atom. The van der Waals surface area contributed by atoms with Gasteiger partial charge in [-0.1, -0.05) is 34.8 Å². The summed E-state index contributed by atoms with van der Waals surface area (Å²) in [5.41, 5.74) is 8.44. The van der Waals surface area contributed by atoms with Crippen LogP contribution in [0.3, 0.4) is 0 Å². The summed E-state index contributed by atoms with van der Waals surface area (Å²) in [6, 6.07) is 5.21. The molecule has 2 rings (SSSR count). The highest BCUT2D eigenvalue weighted by Gasteiger charge is 2.19. The lowest BCUT2D eigenvalue weighted by molar-refractivity contribution is 0.0950. The number of rotatable bonds is 6. The highest BCUT2D eigenvalue weighted by atomic mass is 35.5. The average Bonchev–Trinajstić information content (AvgIpc) is 2.64. The number of nitrogens with two attached hydrogens (primary N) is 1. The molecular weight excluding hydrogens is 403 g/mol. The van der Waals surface area contributed by atoms with Crippen LogP contribution in [0, 0.1) is 0 Å². The predicted molar refractivity (Wildman–Crippen MR) is 103 cm³/mol. The third-order valence-electron chi connectivity index (χ3n) is 3.15. The van der Waals surface area contributed by atoms with E-state index in [1.54, 1.807) is 18.2 Å². The van der Waals surface area contributed by atoms with Crippen molar-refractivity contribution in [1.82, 2.24) is 10.4 Å². The largest absolute Gasteiger partial charge is 0.493 e. The van der Waals surface area contributed by atoms with Gasteiger partial charge in [0.25, 0.3) is 5.91 Å². The van der Waals surface area contributed by atoms with E-state index in [0.29, 0.717) is 23.7 Å². The lowest BCUT2D eigenvalue weighted by atomic mass is 10.2. The van der Waals surface area contributed by atoms with Gasteiger partial charge in [0.2, 0.25) is 0 Å². The van der Waals surface area contributed by atoms with Gasteiger partial charge in [-0.05, 0) is 30.7 Å². The second kappa shape index (κ2) is 8.93. The molecular formula is C16H15Cl3N4O3. The number of anilines is 1. The van der Waals surface area contributed by atoms with Crippen LogP contribution in [0.2, 0.25) is 15.2 Å². The lowest BCUT2D eigenvalue weighted by Gasteiger charge is -2.09. The molecule has 138 valence electrons. The highest BCUT2D eigenvalue weighted by molar-refractivity contribution is 6.46. The number of carbonyl (C=O) groups excluding carboxylic acids is 1. The topological polar surface area (TPSA) is 98.8 Å². The Hall–Kier alpha value is -2.22. The van der Waals surface area contributed by atoms with Crippen LogP contribution < -0.4 is 20.6 Å². The van der Waals surface area contributed by atoms with E-state index in [1.807, 2.05) is 6.92 Å². The first kappa shape index (κ1) is 20.1. The average molecular weight is 418 g/mol. The molecule has 10 heteroatoms. The van der Waals surface area contributed by atoms with Gasteiger partial charge in [0.15, 0.2) is 22.3 Å². The Morgan fingerprint density at radius 2 is 2.04 bits per heavy atom. The van der Waals surface area contributed by atoms with Gasteiger partial charge in [-0.15, -0.1) is 0 Å². The van der Waals surface area contributed by atoms with Crippen molar-refractivity contribution < 1.29 is 14.3 Å². The van der Waals surface area contributed by atoms with E-state index in [9.17, 15) is 4.79 Å². The molecule has 0 aliphatic carbocycles. The number of amides is 1. The van der Waals surface area contributed by atoms with Crippen molar-refractivity contribution in [3.63, 3.8) is 0 Å². The number of methoxy groups -OCH3 is 1. The molecule has 0 radical (unpaired) electrons. The van der Waals surface area contributed by atoms with Crippen LogP contribution >= 0.6 is 34.8 Å². The Bertz CT molecular complexity index is 859. The fourth-order valence-corrected chi connectivity index (χ4v) is 2.53. The molecule has 1 heterocycles. The lowest BCUT2D eigenvalue weighted by Crippen LogP contribution is -2.20. The van der Waals surface area contributed by atoms with Gasteiger partial charge in [-0.25, -0.2) is 10.4 Å². The van der Waals surface area contributed by atoms with Crippen molar-refractivity contribution in [2.24, 2.45) is 5.10 Å². The molecule has 0 atom stereocenters. The maximum absolute atomic E-state index is 12.2. The van der Waals surface area contributed by atoms with E-state index in [1.165, 1.54) is 13.3 Å². The van der Waals surface area contributed by atoms with Gasteiger partial charge < -0.3 is 15.2 Å². The second-order valence-corrected chi connectivity index (χ2v) is 5.95. The molecule has 0 spiro atoms. The van der Waals surface area contributed by atoms with E-state index < -0.39 is 5.91 Å². The van der Waals surface area contributed by atoms with Crippen LogP contribution in [0.15, 0.2) is 23.3 Å². The standard InChI is InChI=1S/C16H15Cl3N4O3/c1-3-26-9-5-4-8(6-10(9)25-2)7-21-23-16(24)14-11(17)13(20)12(18)15(19)22-14/h4-7H,3H2,1-2H3,(H2,20,22)(H,23,24)/b21-7+. The fourth-order valence-electron chi connectivity index (χ4n) is 1.94. The minimum Gasteiger partial charge on any atom is -0.493 e. The maximum Gasteiger partial charge on any atom is 0.291 e. The van der Waals surface area contributed by atoms with Crippen LogP contribution in [-0.2, 0) is 0 Å². The van der Waals surface area contributed by atoms with Crippen molar-refractivity contribution in [1.29, 1.82) is 0 Å². The van der Waals surface area contributed by atoms with Crippen molar-refractivity contribution in [3.8, 4) is 11.5 Å². The van der Waals surface area contributed by atoms with Crippen LogP contribution in [0.1, 0.15) is 23.0 Å². The quantitative estimate of drug-likeness (QED) is 0.423. The molecule has 26 heavy (non-hydrogen) atoms. The Kier molecular flexibility index (Phi) is 6.90. The molecule has 0 unspecified atom stereocenters. The van der Waals surface area contributed by atoms with Gasteiger partial charge in [0.1, 0.15) is 5.02 Å². The molecule has 0 saturated heterocycles. The monoisotopic (exact) mass is 416 g/mol. The number of benzene rings is 1. The SMILES string of the molecule is CCOc1ccc(/C=N/NC(=O)c2nc(Cl)c(Cl)c(N)c2Cl)cc1OC. The summed E-state index contributed by atoms with van der Waals surface area (Å²) in [6.07, 6.45) is 1.42. The van der Waals surface area contributed by atoms with Crippen molar-refractivity contribution in [2.75, 3.05) is 19.5 Å². The number of nitrogen functional groups attached to an aromatic ring is 1. The molecule has 2 aromatic rings. The summed E-state index contributed by atoms with van der Waals surface area (Å²) in [5.74, 6) is 0.469. The number of pyridine rings is 1. The van der Waals surface area contributed by atoms with Crippen molar-refractivity contribution >= 4 is 52.6 Å². The summed E-state index contributed by atoms with van der Waals surface area (Å²) in [4.78, 5) is 16.0. The van der Waals surface area contributed by atoms with E-state index in [0.717, 1.165) is 0 Å². The zero-order valence-corrected chi connectivity index (χ0v) is 16.1. The minimum atomic E-state index is -0.686. The molecule has 3 N–H and O–H groups in total. The van der Waals surface area contributed by atoms with Crippen LogP contribution in [0.4, 0.5) is 5.69 Å². The van der Waals surface area contributed by atoms with E-state index in [-0.39, 0.29) is 26.6 Å². The molecule has 1 amide bonds. The molecule has 1 aromatic heterocycles. The van der Waals surface area contributed by atoms with Crippen LogP contribution in [-0.4, -0.2) is 30.8 Å². The first-order chi connectivity index (χ1) is 12.4. The normalized spacial score (nSPS) is 10.8. The number of carbonyl (C=O) groups is 1. The van der Waals surface area contributed by atoms with E-state index in [4.69, 9.17) is 50.0 Å². The van der Waals surface area contributed by atoms with Crippen molar-refractivity contribution in [2.45, 2.75) is 6.92 Å². The number of hydrogen-bond donors (Lipinski definition) is 2. The number of aromatic nitrogens is 1. The van der Waals surface area contributed by atoms with Crippen LogP contribution in [0.25, 0.3) is 0 Å². The second-order valence-electron chi connectivity index (χ2n) is 4.84. The Morgan fingerprint density at radius 3 is 2.69 bits per heavy atom. The molecule has 0 aliphatic rings. The summed E-state index contributed by atoms with van der Waals surface area (Å²) in [7, 11) is 1.53. The molecule has 0 aliphatic heterocycles. The number of halogens is 3. The van der Waals surface area contributed by atoms with E-state index in [2.05, 4.69) is 15.5 Å². The third-order valence-corrected chi connectivity index (χ3v) is 4.29. The number of ether oxygens (including phenoxy) is 2. The summed E-state index contributed by atoms with van der Waals surface area (Å²) in [5, 5.41) is 3.61. The van der Waals surface area contributed by atoms with Gasteiger partial charge in [0, 0.05) is 0 Å². The third kappa shape index (κ3) is 4.49. The number of hydrazone groups is 1. The van der Waals surface area contributed by atoms with E-state index >= 15 is 0 Å². The summed E-state index contributed by atoms with van der Waals surface area (Å²) >= 11 is 17.6. The number of nitrogens with one attached hydrogen (secondary N) is 1. The first-order valence-electron chi connectivity index (χ1n) is 7.33. The highest BCUT2D eigenvalue weighted by Crippen LogP contribution is 2.34. The van der Waals surface area contributed by atoms with Gasteiger partial charge in [0.05, 0.1) is 30.6 Å². The molecule has 0 saturated carbocycles. The smallest absolute Gasteiger partial charge is 0.291 e. The van der Waals surface area contributed by atoms with Crippen LogP contribution in [0.5, 0.6) is 11.5 Å².